The summed E-state index contributed by atoms with van der Waals surface area (Å²) in [6, 6.07) is 23.0. The second-order valence-electron chi connectivity index (χ2n) is 8.57. The number of carboxylic acids is 1. The number of nitrogens with one attached hydrogen (secondary N) is 1. The van der Waals surface area contributed by atoms with Crippen LogP contribution in [0.25, 0.3) is 22.0 Å². The monoisotopic (exact) mass is 526 g/mol. The molecular weight excluding hydrogens is 504 g/mol. The van der Waals surface area contributed by atoms with Crippen LogP contribution in [-0.2, 0) is 6.54 Å². The third kappa shape index (κ3) is 5.35. The van der Waals surface area contributed by atoms with Crippen molar-refractivity contribution in [3.05, 3.63) is 112 Å². The number of aromatic carboxylic acids is 1. The summed E-state index contributed by atoms with van der Waals surface area (Å²) in [5.74, 6) is 0.591. The molecule has 0 atom stereocenters. The number of para-hydroxylation sites is 1. The maximum absolute atomic E-state index is 13.4. The lowest BCUT2D eigenvalue weighted by Crippen LogP contribution is -2.26. The molecule has 0 saturated carbocycles. The summed E-state index contributed by atoms with van der Waals surface area (Å²) in [6.45, 7) is 2.21. The van der Waals surface area contributed by atoms with Crippen molar-refractivity contribution in [3.8, 4) is 16.9 Å². The number of ether oxygens (including phenoxy) is 1. The molecule has 0 bridgehead atoms. The van der Waals surface area contributed by atoms with E-state index in [4.69, 9.17) is 16.3 Å². The molecule has 2 N–H and O–H groups in total. The molecule has 0 aliphatic heterocycles. The highest BCUT2D eigenvalue weighted by Crippen LogP contribution is 2.33. The fourth-order valence-corrected chi connectivity index (χ4v) is 4.33. The van der Waals surface area contributed by atoms with Crippen molar-refractivity contribution in [2.24, 2.45) is 0 Å². The highest BCUT2D eigenvalue weighted by atomic mass is 35.5. The average Bonchev–Trinajstić information content (AvgIpc) is 2.92. The Morgan fingerprint density at radius 3 is 2.66 bits per heavy atom. The molecule has 8 nitrogen and oxygen atoms in total. The summed E-state index contributed by atoms with van der Waals surface area (Å²) in [5, 5.41) is 13.5. The summed E-state index contributed by atoms with van der Waals surface area (Å²) in [7, 11) is 0. The first-order valence-corrected chi connectivity index (χ1v) is 12.2. The van der Waals surface area contributed by atoms with Gasteiger partial charge in [-0.05, 0) is 61.0 Å². The Hall–Kier alpha value is -4.69. The molecule has 0 saturated heterocycles. The van der Waals surface area contributed by atoms with Gasteiger partial charge in [0.15, 0.2) is 0 Å². The molecule has 9 heteroatoms. The number of carboxylic acid groups (broad SMARTS) is 1. The van der Waals surface area contributed by atoms with Crippen molar-refractivity contribution in [3.63, 3.8) is 0 Å². The van der Waals surface area contributed by atoms with Crippen LogP contribution in [-0.4, -0.2) is 32.2 Å². The quantitative estimate of drug-likeness (QED) is 0.257. The SMILES string of the molecule is Cc1nc2cnc(Nc3ccccc3)cc2c(=O)n1CCOc1ccc(Cl)cc1-c1cccc(C(=O)O)c1. The van der Waals surface area contributed by atoms with Crippen LogP contribution in [0.3, 0.4) is 0 Å². The van der Waals surface area contributed by atoms with E-state index < -0.39 is 5.97 Å². The molecule has 0 aliphatic rings. The topological polar surface area (TPSA) is 106 Å². The molecule has 2 heterocycles. The summed E-state index contributed by atoms with van der Waals surface area (Å²) in [5.41, 5.74) is 2.66. The molecule has 0 radical (unpaired) electrons. The highest BCUT2D eigenvalue weighted by molar-refractivity contribution is 6.31. The van der Waals surface area contributed by atoms with Crippen LogP contribution in [0.2, 0.25) is 5.02 Å². The summed E-state index contributed by atoms with van der Waals surface area (Å²) in [6.07, 6.45) is 1.58. The minimum absolute atomic E-state index is 0.161. The van der Waals surface area contributed by atoms with Crippen LogP contribution in [0, 0.1) is 6.92 Å². The maximum atomic E-state index is 13.4. The van der Waals surface area contributed by atoms with Gasteiger partial charge in [0, 0.05) is 16.3 Å². The lowest BCUT2D eigenvalue weighted by atomic mass is 10.0. The number of rotatable bonds is 8. The standard InChI is InChI=1S/C29H23ClN4O4/c1-18-32-25-17-31-27(33-22-8-3-2-4-9-22)16-24(25)28(35)34(18)12-13-38-26-11-10-21(30)15-23(26)19-6-5-7-20(14-19)29(36)37/h2-11,14-17H,12-13H2,1H3,(H,31,33)(H,36,37). The van der Waals surface area contributed by atoms with Crippen molar-refractivity contribution >= 4 is 40.0 Å². The number of pyridine rings is 1. The largest absolute Gasteiger partial charge is 0.491 e. The fraction of sp³-hybridized carbons (Fsp3) is 0.103. The molecule has 5 rings (SSSR count). The van der Waals surface area contributed by atoms with E-state index in [1.54, 1.807) is 60.2 Å². The number of aromatic nitrogens is 3. The molecular formula is C29H23ClN4O4. The number of nitrogens with zero attached hydrogens (tertiary/aromatic N) is 3. The number of hydrogen-bond donors (Lipinski definition) is 2. The first-order chi connectivity index (χ1) is 18.4. The lowest BCUT2D eigenvalue weighted by molar-refractivity contribution is 0.0697. The Labute approximate surface area is 223 Å². The van der Waals surface area contributed by atoms with Gasteiger partial charge in [0.05, 0.1) is 29.2 Å². The van der Waals surface area contributed by atoms with E-state index in [2.05, 4.69) is 15.3 Å². The number of benzene rings is 3. The van der Waals surface area contributed by atoms with Crippen molar-refractivity contribution in [1.29, 1.82) is 0 Å². The predicted molar refractivity (Wildman–Crippen MR) is 148 cm³/mol. The van der Waals surface area contributed by atoms with Crippen LogP contribution >= 0.6 is 11.6 Å². The first kappa shape index (κ1) is 25.0. The third-order valence-corrected chi connectivity index (χ3v) is 6.25. The number of halogens is 1. The van der Waals surface area contributed by atoms with E-state index in [1.165, 1.54) is 6.07 Å². The average molecular weight is 527 g/mol. The van der Waals surface area contributed by atoms with Crippen LogP contribution < -0.4 is 15.6 Å². The van der Waals surface area contributed by atoms with E-state index in [0.717, 1.165) is 5.69 Å². The van der Waals surface area contributed by atoms with E-state index >= 15 is 0 Å². The molecule has 3 aromatic carbocycles. The highest BCUT2D eigenvalue weighted by Gasteiger charge is 2.13. The number of anilines is 2. The van der Waals surface area contributed by atoms with Gasteiger partial charge in [0.25, 0.3) is 5.56 Å². The van der Waals surface area contributed by atoms with Gasteiger partial charge in [-0.1, -0.05) is 41.9 Å². The Balaban J connectivity index is 1.39. The Morgan fingerprint density at radius 1 is 1.05 bits per heavy atom. The minimum atomic E-state index is -1.02. The molecule has 0 amide bonds. The van der Waals surface area contributed by atoms with Crippen molar-refractivity contribution in [2.45, 2.75) is 13.5 Å². The number of fused-ring (bicyclic) bond motifs is 1. The molecule has 0 fully saturated rings. The van der Waals surface area contributed by atoms with Crippen LogP contribution in [0.15, 0.2) is 89.9 Å². The second-order valence-corrected chi connectivity index (χ2v) is 9.00. The van der Waals surface area contributed by atoms with E-state index in [-0.39, 0.29) is 24.3 Å². The molecule has 0 aliphatic carbocycles. The van der Waals surface area contributed by atoms with E-state index in [1.807, 2.05) is 30.3 Å². The Bertz CT molecular complexity index is 1700. The maximum Gasteiger partial charge on any atom is 0.335 e. The van der Waals surface area contributed by atoms with Gasteiger partial charge in [-0.3, -0.25) is 9.36 Å². The summed E-state index contributed by atoms with van der Waals surface area (Å²) in [4.78, 5) is 33.7. The van der Waals surface area contributed by atoms with Crippen LogP contribution in [0.4, 0.5) is 11.5 Å². The zero-order valence-corrected chi connectivity index (χ0v) is 21.1. The van der Waals surface area contributed by atoms with Gasteiger partial charge in [-0.25, -0.2) is 14.8 Å². The Morgan fingerprint density at radius 2 is 1.87 bits per heavy atom. The van der Waals surface area contributed by atoms with Crippen molar-refractivity contribution in [2.75, 3.05) is 11.9 Å². The van der Waals surface area contributed by atoms with Gasteiger partial charge in [0.2, 0.25) is 0 Å². The number of aryl methyl sites for hydroxylation is 1. The first-order valence-electron chi connectivity index (χ1n) is 11.8. The summed E-state index contributed by atoms with van der Waals surface area (Å²) < 4.78 is 7.62. The molecule has 190 valence electrons. The molecule has 0 unspecified atom stereocenters. The third-order valence-electron chi connectivity index (χ3n) is 6.01. The molecule has 2 aromatic heterocycles. The normalized spacial score (nSPS) is 10.9. The van der Waals surface area contributed by atoms with Crippen molar-refractivity contribution < 1.29 is 14.6 Å². The van der Waals surface area contributed by atoms with Gasteiger partial charge < -0.3 is 15.2 Å². The number of hydrogen-bond acceptors (Lipinski definition) is 6. The summed E-state index contributed by atoms with van der Waals surface area (Å²) >= 11 is 6.22. The predicted octanol–water partition coefficient (Wildman–Crippen LogP) is 5.94. The van der Waals surface area contributed by atoms with E-state index in [0.29, 0.717) is 44.4 Å². The zero-order chi connectivity index (χ0) is 26.6. The molecule has 38 heavy (non-hydrogen) atoms. The fourth-order valence-electron chi connectivity index (χ4n) is 4.16. The lowest BCUT2D eigenvalue weighted by Gasteiger charge is -2.15. The molecule has 0 spiro atoms. The van der Waals surface area contributed by atoms with Crippen LogP contribution in [0.1, 0.15) is 16.2 Å². The minimum Gasteiger partial charge on any atom is -0.491 e. The number of carbonyl (C=O) groups is 1. The zero-order valence-electron chi connectivity index (χ0n) is 20.4. The van der Waals surface area contributed by atoms with Gasteiger partial charge in [-0.2, -0.15) is 0 Å². The van der Waals surface area contributed by atoms with E-state index in [9.17, 15) is 14.7 Å². The van der Waals surface area contributed by atoms with Crippen LogP contribution in [0.5, 0.6) is 5.75 Å². The second kappa shape index (κ2) is 10.7. The Kier molecular flexibility index (Phi) is 7.06. The smallest absolute Gasteiger partial charge is 0.335 e. The molecule has 5 aromatic rings. The van der Waals surface area contributed by atoms with Gasteiger partial charge >= 0.3 is 5.97 Å². The van der Waals surface area contributed by atoms with Gasteiger partial charge in [-0.15, -0.1) is 0 Å². The van der Waals surface area contributed by atoms with Gasteiger partial charge in [0.1, 0.15) is 24.0 Å². The van der Waals surface area contributed by atoms with Crippen molar-refractivity contribution in [1.82, 2.24) is 14.5 Å².